The van der Waals surface area contributed by atoms with Crippen LogP contribution < -0.4 is 10.6 Å². The Morgan fingerprint density at radius 2 is 1.56 bits per heavy atom. The van der Waals surface area contributed by atoms with Crippen LogP contribution in [0.25, 0.3) is 0 Å². The van der Waals surface area contributed by atoms with Crippen molar-refractivity contribution >= 4 is 23.2 Å². The molecular weight excluding hydrogens is 342 g/mol. The molecule has 6 nitrogen and oxygen atoms in total. The third kappa shape index (κ3) is 3.95. The van der Waals surface area contributed by atoms with Gasteiger partial charge in [0.05, 0.1) is 11.8 Å². The van der Waals surface area contributed by atoms with E-state index in [1.165, 1.54) is 6.26 Å². The molecule has 0 radical (unpaired) electrons. The van der Waals surface area contributed by atoms with Gasteiger partial charge in [0.25, 0.3) is 11.8 Å². The fourth-order valence-corrected chi connectivity index (χ4v) is 3.24. The maximum atomic E-state index is 12.6. The summed E-state index contributed by atoms with van der Waals surface area (Å²) in [7, 11) is 0. The van der Waals surface area contributed by atoms with Gasteiger partial charge >= 0.3 is 0 Å². The summed E-state index contributed by atoms with van der Waals surface area (Å²) in [5.74, 6) is -0.229. The van der Waals surface area contributed by atoms with Crippen LogP contribution in [0.3, 0.4) is 0 Å². The van der Waals surface area contributed by atoms with Gasteiger partial charge in [0.2, 0.25) is 0 Å². The number of carbonyl (C=O) groups excluding carboxylic acids is 2. The predicted octanol–water partition coefficient (Wildman–Crippen LogP) is 4.78. The molecule has 0 saturated carbocycles. The van der Waals surface area contributed by atoms with E-state index in [-0.39, 0.29) is 17.6 Å². The van der Waals surface area contributed by atoms with Gasteiger partial charge < -0.3 is 19.6 Å². The molecule has 2 aromatic heterocycles. The molecule has 0 atom stereocenters. The third-order valence-corrected chi connectivity index (χ3v) is 4.39. The van der Waals surface area contributed by atoms with Gasteiger partial charge in [-0.2, -0.15) is 0 Å². The molecule has 140 valence electrons. The number of benzene rings is 1. The highest BCUT2D eigenvalue weighted by Crippen LogP contribution is 2.22. The molecule has 2 N–H and O–H groups in total. The molecule has 0 saturated heterocycles. The van der Waals surface area contributed by atoms with Crippen molar-refractivity contribution in [3.8, 4) is 0 Å². The standard InChI is InChI=1S/C21H23N3O3/c1-13(2)24-14(3)12-18(15(24)4)20(25)22-16-7-9-17(10-8-16)23-21(26)19-6-5-11-27-19/h5-13H,1-4H3,(H,22,25)(H,23,26). The van der Waals surface area contributed by atoms with Crippen LogP contribution in [0, 0.1) is 13.8 Å². The first kappa shape index (κ1) is 18.5. The monoisotopic (exact) mass is 365 g/mol. The lowest BCUT2D eigenvalue weighted by atomic mass is 10.2. The number of nitrogens with zero attached hydrogens (tertiary/aromatic N) is 1. The molecular formula is C21H23N3O3. The van der Waals surface area contributed by atoms with E-state index >= 15 is 0 Å². The summed E-state index contributed by atoms with van der Waals surface area (Å²) >= 11 is 0. The molecule has 0 aliphatic carbocycles. The lowest BCUT2D eigenvalue weighted by Crippen LogP contribution is -2.14. The van der Waals surface area contributed by atoms with Crippen molar-refractivity contribution in [3.05, 3.63) is 71.4 Å². The van der Waals surface area contributed by atoms with E-state index in [1.807, 2.05) is 19.9 Å². The number of anilines is 2. The summed E-state index contributed by atoms with van der Waals surface area (Å²) in [5, 5.41) is 5.64. The van der Waals surface area contributed by atoms with Crippen LogP contribution in [0.15, 0.2) is 53.1 Å². The van der Waals surface area contributed by atoms with Crippen LogP contribution in [-0.2, 0) is 0 Å². The molecule has 0 spiro atoms. The highest BCUT2D eigenvalue weighted by molar-refractivity contribution is 6.06. The Bertz CT molecular complexity index is 951. The van der Waals surface area contributed by atoms with Crippen molar-refractivity contribution in [2.75, 3.05) is 10.6 Å². The summed E-state index contributed by atoms with van der Waals surface area (Å²) in [4.78, 5) is 24.6. The number of furan rings is 1. The highest BCUT2D eigenvalue weighted by Gasteiger charge is 2.17. The molecule has 0 bridgehead atoms. The minimum atomic E-state index is -0.321. The maximum Gasteiger partial charge on any atom is 0.291 e. The molecule has 0 aliphatic rings. The fraction of sp³-hybridized carbons (Fsp3) is 0.238. The minimum Gasteiger partial charge on any atom is -0.459 e. The Kier molecular flexibility index (Phi) is 5.16. The zero-order chi connectivity index (χ0) is 19.6. The second-order valence-corrected chi connectivity index (χ2v) is 6.71. The molecule has 27 heavy (non-hydrogen) atoms. The van der Waals surface area contributed by atoms with Crippen molar-refractivity contribution in [1.82, 2.24) is 4.57 Å². The Hall–Kier alpha value is -3.28. The number of aryl methyl sites for hydroxylation is 1. The van der Waals surface area contributed by atoms with Crippen LogP contribution in [0.5, 0.6) is 0 Å². The van der Waals surface area contributed by atoms with Gasteiger partial charge in [-0.25, -0.2) is 0 Å². The molecule has 1 aromatic carbocycles. The topological polar surface area (TPSA) is 76.3 Å². The number of amides is 2. The number of nitrogens with one attached hydrogen (secondary N) is 2. The number of aromatic nitrogens is 1. The van der Waals surface area contributed by atoms with Crippen LogP contribution in [0.2, 0.25) is 0 Å². The number of carbonyl (C=O) groups is 2. The number of hydrogen-bond acceptors (Lipinski definition) is 3. The van der Waals surface area contributed by atoms with Crippen molar-refractivity contribution in [2.24, 2.45) is 0 Å². The molecule has 2 amide bonds. The fourth-order valence-electron chi connectivity index (χ4n) is 3.24. The average Bonchev–Trinajstić information content (AvgIpc) is 3.24. The van der Waals surface area contributed by atoms with Crippen molar-refractivity contribution < 1.29 is 14.0 Å². The van der Waals surface area contributed by atoms with Crippen LogP contribution >= 0.6 is 0 Å². The molecule has 3 aromatic rings. The predicted molar refractivity (Wildman–Crippen MR) is 105 cm³/mol. The first-order valence-electron chi connectivity index (χ1n) is 8.81. The van der Waals surface area contributed by atoms with E-state index in [2.05, 4.69) is 29.0 Å². The average molecular weight is 365 g/mol. The molecule has 0 unspecified atom stereocenters. The van der Waals surface area contributed by atoms with E-state index in [0.29, 0.717) is 23.0 Å². The smallest absolute Gasteiger partial charge is 0.291 e. The molecule has 3 rings (SSSR count). The number of rotatable bonds is 5. The lowest BCUT2D eigenvalue weighted by Gasteiger charge is -2.13. The van der Waals surface area contributed by atoms with Crippen molar-refractivity contribution in [3.63, 3.8) is 0 Å². The second-order valence-electron chi connectivity index (χ2n) is 6.71. The molecule has 2 heterocycles. The normalized spacial score (nSPS) is 10.9. The summed E-state index contributed by atoms with van der Waals surface area (Å²) in [6.45, 7) is 8.14. The van der Waals surface area contributed by atoms with E-state index in [0.717, 1.165) is 11.4 Å². The maximum absolute atomic E-state index is 12.6. The van der Waals surface area contributed by atoms with E-state index < -0.39 is 0 Å². The quantitative estimate of drug-likeness (QED) is 0.683. The van der Waals surface area contributed by atoms with Crippen LogP contribution in [0.4, 0.5) is 11.4 Å². The van der Waals surface area contributed by atoms with Gasteiger partial charge in [-0.15, -0.1) is 0 Å². The zero-order valence-electron chi connectivity index (χ0n) is 15.9. The van der Waals surface area contributed by atoms with Crippen molar-refractivity contribution in [2.45, 2.75) is 33.7 Å². The summed E-state index contributed by atoms with van der Waals surface area (Å²) < 4.78 is 7.20. The molecule has 0 aliphatic heterocycles. The largest absolute Gasteiger partial charge is 0.459 e. The van der Waals surface area contributed by atoms with Gasteiger partial charge in [-0.3, -0.25) is 9.59 Å². The highest BCUT2D eigenvalue weighted by atomic mass is 16.3. The Morgan fingerprint density at radius 1 is 0.963 bits per heavy atom. The van der Waals surface area contributed by atoms with Crippen LogP contribution in [0.1, 0.15) is 52.2 Å². The SMILES string of the molecule is Cc1cc(C(=O)Nc2ccc(NC(=O)c3ccco3)cc2)c(C)n1C(C)C. The molecule has 6 heteroatoms. The van der Waals surface area contributed by atoms with Gasteiger partial charge in [-0.05, 0) is 70.2 Å². The Labute approximate surface area is 158 Å². The van der Waals surface area contributed by atoms with E-state index in [4.69, 9.17) is 4.42 Å². The van der Waals surface area contributed by atoms with Gasteiger partial charge in [0.1, 0.15) is 0 Å². The molecule has 0 fully saturated rings. The Morgan fingerprint density at radius 3 is 2.04 bits per heavy atom. The minimum absolute atomic E-state index is 0.151. The van der Waals surface area contributed by atoms with Gasteiger partial charge in [-0.1, -0.05) is 0 Å². The first-order chi connectivity index (χ1) is 12.9. The summed E-state index contributed by atoms with van der Waals surface area (Å²) in [6, 6.07) is 12.4. The van der Waals surface area contributed by atoms with Gasteiger partial charge in [0.15, 0.2) is 5.76 Å². The summed E-state index contributed by atoms with van der Waals surface area (Å²) in [6.07, 6.45) is 1.45. The first-order valence-corrected chi connectivity index (χ1v) is 8.81. The lowest BCUT2D eigenvalue weighted by molar-refractivity contribution is 0.0994. The van der Waals surface area contributed by atoms with E-state index in [1.54, 1.807) is 36.4 Å². The Balaban J connectivity index is 1.69. The van der Waals surface area contributed by atoms with Gasteiger partial charge in [0, 0.05) is 28.8 Å². The van der Waals surface area contributed by atoms with Crippen molar-refractivity contribution in [1.29, 1.82) is 0 Å². The zero-order valence-corrected chi connectivity index (χ0v) is 15.9. The summed E-state index contributed by atoms with van der Waals surface area (Å²) in [5.41, 5.74) is 3.94. The number of hydrogen-bond donors (Lipinski definition) is 2. The van der Waals surface area contributed by atoms with Crippen LogP contribution in [-0.4, -0.2) is 16.4 Å². The van der Waals surface area contributed by atoms with E-state index in [9.17, 15) is 9.59 Å². The third-order valence-electron chi connectivity index (χ3n) is 4.39. The second kappa shape index (κ2) is 7.53.